The second kappa shape index (κ2) is 6.01. The lowest BCUT2D eigenvalue weighted by molar-refractivity contribution is 0.199. The van der Waals surface area contributed by atoms with E-state index in [1.54, 1.807) is 12.1 Å². The predicted octanol–water partition coefficient (Wildman–Crippen LogP) is 3.22. The van der Waals surface area contributed by atoms with Crippen molar-refractivity contribution in [2.75, 3.05) is 13.2 Å². The van der Waals surface area contributed by atoms with Gasteiger partial charge in [0.15, 0.2) is 0 Å². The average Bonchev–Trinajstić information content (AvgIpc) is 2.25. The fourth-order valence-corrected chi connectivity index (χ4v) is 1.82. The molecule has 1 atom stereocenters. The van der Waals surface area contributed by atoms with Gasteiger partial charge in [0, 0.05) is 5.92 Å². The third kappa shape index (κ3) is 5.68. The van der Waals surface area contributed by atoms with Gasteiger partial charge in [0.05, 0.1) is 6.61 Å². The number of ether oxygens (including phenoxy) is 1. The molecule has 3 heteroatoms. The van der Waals surface area contributed by atoms with Crippen LogP contribution in [0.5, 0.6) is 5.75 Å². The number of rotatable bonds is 5. The summed E-state index contributed by atoms with van der Waals surface area (Å²) in [6.45, 7) is 7.76. The monoisotopic (exact) mass is 239 g/mol. The molecule has 2 nitrogen and oxygen atoms in total. The Balaban J connectivity index is 2.45. The molecule has 1 aromatic carbocycles. The first-order valence-electron chi connectivity index (χ1n) is 5.99. The summed E-state index contributed by atoms with van der Waals surface area (Å²) in [6.07, 6.45) is 1.02. The van der Waals surface area contributed by atoms with Crippen LogP contribution in [0, 0.1) is 17.2 Å². The van der Waals surface area contributed by atoms with Crippen molar-refractivity contribution in [3.63, 3.8) is 0 Å². The van der Waals surface area contributed by atoms with Crippen molar-refractivity contribution in [3.8, 4) is 5.75 Å². The van der Waals surface area contributed by atoms with E-state index in [4.69, 9.17) is 10.5 Å². The Morgan fingerprint density at radius 3 is 2.29 bits per heavy atom. The Bertz CT molecular complexity index is 329. The molecule has 0 saturated carbocycles. The SMILES string of the molecule is CC(C)(C)CC(CN)COc1ccc(F)cc1. The zero-order valence-corrected chi connectivity index (χ0v) is 10.9. The van der Waals surface area contributed by atoms with Crippen molar-refractivity contribution < 1.29 is 9.13 Å². The molecular weight excluding hydrogens is 217 g/mol. The molecule has 0 aromatic heterocycles. The quantitative estimate of drug-likeness (QED) is 0.856. The first-order chi connectivity index (χ1) is 7.90. The normalized spacial score (nSPS) is 13.5. The van der Waals surface area contributed by atoms with E-state index in [2.05, 4.69) is 20.8 Å². The van der Waals surface area contributed by atoms with E-state index in [9.17, 15) is 4.39 Å². The van der Waals surface area contributed by atoms with E-state index in [1.807, 2.05) is 0 Å². The summed E-state index contributed by atoms with van der Waals surface area (Å²) in [5.41, 5.74) is 5.97. The Hall–Kier alpha value is -1.09. The van der Waals surface area contributed by atoms with E-state index >= 15 is 0 Å². The van der Waals surface area contributed by atoms with E-state index < -0.39 is 0 Å². The molecule has 0 fully saturated rings. The van der Waals surface area contributed by atoms with Gasteiger partial charge >= 0.3 is 0 Å². The minimum Gasteiger partial charge on any atom is -0.493 e. The van der Waals surface area contributed by atoms with Crippen molar-refractivity contribution in [1.82, 2.24) is 0 Å². The van der Waals surface area contributed by atoms with Crippen molar-refractivity contribution in [2.45, 2.75) is 27.2 Å². The highest BCUT2D eigenvalue weighted by molar-refractivity contribution is 5.22. The van der Waals surface area contributed by atoms with Gasteiger partial charge in [-0.2, -0.15) is 0 Å². The second-order valence-corrected chi connectivity index (χ2v) is 5.63. The molecule has 1 aromatic rings. The van der Waals surface area contributed by atoms with Crippen LogP contribution in [0.25, 0.3) is 0 Å². The van der Waals surface area contributed by atoms with Crippen molar-refractivity contribution in [3.05, 3.63) is 30.1 Å². The summed E-state index contributed by atoms with van der Waals surface area (Å²) >= 11 is 0. The molecule has 1 unspecified atom stereocenters. The summed E-state index contributed by atoms with van der Waals surface area (Å²) in [6, 6.07) is 6.08. The van der Waals surface area contributed by atoms with Gasteiger partial charge in [-0.25, -0.2) is 4.39 Å². The molecule has 0 amide bonds. The molecular formula is C14H22FNO. The molecule has 0 aliphatic heterocycles. The van der Waals surface area contributed by atoms with Crippen molar-refractivity contribution >= 4 is 0 Å². The molecule has 1 rings (SSSR count). The molecule has 17 heavy (non-hydrogen) atoms. The summed E-state index contributed by atoms with van der Waals surface area (Å²) in [5.74, 6) is 0.779. The Morgan fingerprint density at radius 1 is 1.24 bits per heavy atom. The minimum absolute atomic E-state index is 0.246. The van der Waals surface area contributed by atoms with Crippen LogP contribution in [-0.2, 0) is 0 Å². The lowest BCUT2D eigenvalue weighted by atomic mass is 9.85. The highest BCUT2D eigenvalue weighted by atomic mass is 19.1. The fraction of sp³-hybridized carbons (Fsp3) is 0.571. The van der Waals surface area contributed by atoms with Gasteiger partial charge in [0.2, 0.25) is 0 Å². The Labute approximate surface area is 103 Å². The maximum absolute atomic E-state index is 12.7. The lowest BCUT2D eigenvalue weighted by Gasteiger charge is -2.25. The van der Waals surface area contributed by atoms with Crippen LogP contribution in [0.15, 0.2) is 24.3 Å². The summed E-state index contributed by atoms with van der Waals surface area (Å²) in [4.78, 5) is 0. The van der Waals surface area contributed by atoms with Crippen LogP contribution in [0.2, 0.25) is 0 Å². The molecule has 96 valence electrons. The van der Waals surface area contributed by atoms with Gasteiger partial charge in [-0.1, -0.05) is 20.8 Å². The second-order valence-electron chi connectivity index (χ2n) is 5.63. The van der Waals surface area contributed by atoms with Gasteiger partial charge in [0.25, 0.3) is 0 Å². The fourth-order valence-electron chi connectivity index (χ4n) is 1.82. The Morgan fingerprint density at radius 2 is 1.82 bits per heavy atom. The van der Waals surface area contributed by atoms with Crippen LogP contribution >= 0.6 is 0 Å². The third-order valence-corrected chi connectivity index (χ3v) is 2.53. The van der Waals surface area contributed by atoms with Crippen molar-refractivity contribution in [2.24, 2.45) is 17.1 Å². The largest absolute Gasteiger partial charge is 0.493 e. The Kier molecular flexibility index (Phi) is 4.94. The van der Waals surface area contributed by atoms with Gasteiger partial charge < -0.3 is 10.5 Å². The molecule has 0 heterocycles. The van der Waals surface area contributed by atoms with Gasteiger partial charge in [-0.3, -0.25) is 0 Å². The molecule has 0 saturated heterocycles. The highest BCUT2D eigenvalue weighted by Crippen LogP contribution is 2.24. The minimum atomic E-state index is -0.248. The van der Waals surface area contributed by atoms with Crippen LogP contribution in [0.3, 0.4) is 0 Å². The maximum Gasteiger partial charge on any atom is 0.123 e. The standard InChI is InChI=1S/C14H22FNO/c1-14(2,3)8-11(9-16)10-17-13-6-4-12(15)5-7-13/h4-7,11H,8-10,16H2,1-3H3. The van der Waals surface area contributed by atoms with E-state index in [0.29, 0.717) is 24.8 Å². The van der Waals surface area contributed by atoms with Crippen LogP contribution in [-0.4, -0.2) is 13.2 Å². The lowest BCUT2D eigenvalue weighted by Crippen LogP contribution is -2.26. The number of nitrogens with two attached hydrogens (primary N) is 1. The predicted molar refractivity (Wildman–Crippen MR) is 68.5 cm³/mol. The first-order valence-corrected chi connectivity index (χ1v) is 5.99. The summed E-state index contributed by atoms with van der Waals surface area (Å²) in [7, 11) is 0. The van der Waals surface area contributed by atoms with Crippen LogP contribution in [0.1, 0.15) is 27.2 Å². The van der Waals surface area contributed by atoms with Crippen molar-refractivity contribution in [1.29, 1.82) is 0 Å². The summed E-state index contributed by atoms with van der Waals surface area (Å²) < 4.78 is 18.3. The van der Waals surface area contributed by atoms with Crippen LogP contribution in [0.4, 0.5) is 4.39 Å². The molecule has 0 spiro atoms. The topological polar surface area (TPSA) is 35.2 Å². The van der Waals surface area contributed by atoms with Gasteiger partial charge in [0.1, 0.15) is 11.6 Å². The first kappa shape index (κ1) is 14.0. The number of hydrogen-bond acceptors (Lipinski definition) is 2. The third-order valence-electron chi connectivity index (χ3n) is 2.53. The summed E-state index contributed by atoms with van der Waals surface area (Å²) in [5, 5.41) is 0. The zero-order chi connectivity index (χ0) is 12.9. The number of benzene rings is 1. The highest BCUT2D eigenvalue weighted by Gasteiger charge is 2.18. The molecule has 0 aliphatic rings. The smallest absolute Gasteiger partial charge is 0.123 e. The molecule has 0 aliphatic carbocycles. The van der Waals surface area contributed by atoms with Crippen LogP contribution < -0.4 is 10.5 Å². The van der Waals surface area contributed by atoms with E-state index in [-0.39, 0.29) is 11.2 Å². The van der Waals surface area contributed by atoms with E-state index in [1.165, 1.54) is 12.1 Å². The van der Waals surface area contributed by atoms with Gasteiger partial charge in [-0.05, 0) is 42.6 Å². The molecule has 2 N–H and O–H groups in total. The molecule has 0 bridgehead atoms. The molecule has 0 radical (unpaired) electrons. The van der Waals surface area contributed by atoms with Gasteiger partial charge in [-0.15, -0.1) is 0 Å². The number of halogens is 1. The number of hydrogen-bond donors (Lipinski definition) is 1. The zero-order valence-electron chi connectivity index (χ0n) is 10.9. The van der Waals surface area contributed by atoms with E-state index in [0.717, 1.165) is 6.42 Å². The average molecular weight is 239 g/mol. The maximum atomic E-state index is 12.7.